The summed E-state index contributed by atoms with van der Waals surface area (Å²) in [6, 6.07) is 7.04. The summed E-state index contributed by atoms with van der Waals surface area (Å²) >= 11 is 6.22. The third kappa shape index (κ3) is 5.55. The van der Waals surface area contributed by atoms with Crippen LogP contribution < -0.4 is 20.3 Å². The van der Waals surface area contributed by atoms with Gasteiger partial charge in [0.05, 0.1) is 23.1 Å². The zero-order chi connectivity index (χ0) is 24.6. The molecular weight excluding hydrogens is 502 g/mol. The number of benzene rings is 1. The fourth-order valence-electron chi connectivity index (χ4n) is 3.77. The molecule has 0 spiro atoms. The Morgan fingerprint density at radius 3 is 2.80 bits per heavy atom. The Hall–Kier alpha value is -3.22. The number of aliphatic hydroxyl groups excluding tert-OH is 1. The topological polar surface area (TPSA) is 111 Å². The molecular formula is C22H19ClF2N6O3S. The van der Waals surface area contributed by atoms with E-state index in [0.717, 1.165) is 10.8 Å². The molecule has 3 N–H and O–H groups in total. The number of aromatic nitrogens is 1. The number of anilines is 3. The van der Waals surface area contributed by atoms with Gasteiger partial charge in [0, 0.05) is 42.8 Å². The van der Waals surface area contributed by atoms with Crippen LogP contribution in [0.4, 0.5) is 26.0 Å². The molecule has 5 rings (SSSR count). The van der Waals surface area contributed by atoms with Gasteiger partial charge in [-0.25, -0.2) is 15.0 Å². The Morgan fingerprint density at radius 2 is 2.11 bits per heavy atom. The molecule has 3 aliphatic heterocycles. The van der Waals surface area contributed by atoms with Crippen LogP contribution in [0.2, 0.25) is 0 Å². The van der Waals surface area contributed by atoms with Gasteiger partial charge < -0.3 is 25.4 Å². The number of hydrogen-bond donors (Lipinski definition) is 3. The lowest BCUT2D eigenvalue weighted by molar-refractivity contribution is -0.0964. The molecule has 4 heterocycles. The summed E-state index contributed by atoms with van der Waals surface area (Å²) in [5.41, 5.74) is -2.13. The standard InChI is InChI=1S/C22H19ClF2N6O3S/c23-22(24,25)34-15-3-1-13(2-4-15)28-19(33)12-9-17(18(27-10-12)31-8-6-14(32)11-31)30-21-29-16-5-7-26-20(16)35-21/h1-5,7,9-10,14,21,30,32H,6,8,11H2,(H,28,33)/t14?,21-/m0/s1. The van der Waals surface area contributed by atoms with Gasteiger partial charge in [-0.05, 0) is 42.8 Å². The molecule has 0 aliphatic carbocycles. The summed E-state index contributed by atoms with van der Waals surface area (Å²) in [6.07, 6.45) is 5.15. The van der Waals surface area contributed by atoms with Crippen molar-refractivity contribution in [3.05, 3.63) is 54.4 Å². The van der Waals surface area contributed by atoms with Gasteiger partial charge in [0.25, 0.3) is 5.91 Å². The van der Waals surface area contributed by atoms with Gasteiger partial charge in [-0.15, -0.1) is 8.78 Å². The minimum Gasteiger partial charge on any atom is -0.420 e. The number of nitrogens with one attached hydrogen (secondary N) is 2. The van der Waals surface area contributed by atoms with Crippen molar-refractivity contribution >= 4 is 57.2 Å². The van der Waals surface area contributed by atoms with Crippen molar-refractivity contribution in [2.24, 2.45) is 9.98 Å². The molecule has 1 aromatic heterocycles. The van der Waals surface area contributed by atoms with Crippen LogP contribution in [-0.4, -0.2) is 57.0 Å². The van der Waals surface area contributed by atoms with Crippen molar-refractivity contribution in [3.63, 3.8) is 0 Å². The third-order valence-corrected chi connectivity index (χ3v) is 6.40. The lowest BCUT2D eigenvalue weighted by atomic mass is 10.2. The third-order valence-electron chi connectivity index (χ3n) is 5.34. The van der Waals surface area contributed by atoms with Crippen LogP contribution in [0.1, 0.15) is 16.8 Å². The molecule has 1 unspecified atom stereocenters. The second-order valence-corrected chi connectivity index (χ2v) is 9.40. The summed E-state index contributed by atoms with van der Waals surface area (Å²) in [4.78, 5) is 28.2. The van der Waals surface area contributed by atoms with Gasteiger partial charge in [-0.2, -0.15) is 0 Å². The van der Waals surface area contributed by atoms with Crippen molar-refractivity contribution in [3.8, 4) is 5.75 Å². The van der Waals surface area contributed by atoms with E-state index in [1.807, 2.05) is 11.0 Å². The first kappa shape index (κ1) is 23.5. The number of pyridine rings is 1. The van der Waals surface area contributed by atoms with E-state index in [1.165, 1.54) is 42.2 Å². The summed E-state index contributed by atoms with van der Waals surface area (Å²) in [7, 11) is 0. The fraction of sp³-hybridized carbons (Fsp3) is 0.273. The van der Waals surface area contributed by atoms with Gasteiger partial charge in [-0.1, -0.05) is 11.8 Å². The van der Waals surface area contributed by atoms with Gasteiger partial charge in [0.15, 0.2) is 11.3 Å². The minimum absolute atomic E-state index is 0.145. The van der Waals surface area contributed by atoms with Crippen LogP contribution in [0.15, 0.2) is 58.8 Å². The molecule has 0 radical (unpaired) electrons. The summed E-state index contributed by atoms with van der Waals surface area (Å²) in [5.74, 6) is 0.0182. The van der Waals surface area contributed by atoms with E-state index in [4.69, 9.17) is 11.6 Å². The highest BCUT2D eigenvalue weighted by molar-refractivity contribution is 8.17. The molecule has 0 saturated carbocycles. The number of halogens is 3. The van der Waals surface area contributed by atoms with Crippen molar-refractivity contribution in [1.29, 1.82) is 0 Å². The van der Waals surface area contributed by atoms with E-state index in [1.54, 1.807) is 12.3 Å². The average Bonchev–Trinajstić information content (AvgIpc) is 3.51. The monoisotopic (exact) mass is 520 g/mol. The molecule has 1 fully saturated rings. The maximum atomic E-state index is 12.9. The Labute approximate surface area is 207 Å². The normalized spacial score (nSPS) is 21.0. The summed E-state index contributed by atoms with van der Waals surface area (Å²) in [6.45, 7) is 1.07. The Kier molecular flexibility index (Phi) is 6.34. The quantitative estimate of drug-likeness (QED) is 0.475. The number of alkyl halides is 3. The van der Waals surface area contributed by atoms with Gasteiger partial charge in [-0.3, -0.25) is 4.79 Å². The molecule has 2 aromatic rings. The number of ether oxygens (including phenoxy) is 1. The van der Waals surface area contributed by atoms with Crippen molar-refractivity contribution < 1.29 is 23.4 Å². The Bertz CT molecular complexity index is 1230. The number of carbonyl (C=O) groups excluding carboxylic acids is 1. The largest absolute Gasteiger partial charge is 0.487 e. The number of hydrogen-bond acceptors (Lipinski definition) is 9. The average molecular weight is 521 g/mol. The molecule has 1 saturated heterocycles. The highest BCUT2D eigenvalue weighted by Crippen LogP contribution is 2.33. The van der Waals surface area contributed by atoms with Crippen molar-refractivity contribution in [2.75, 3.05) is 28.6 Å². The maximum absolute atomic E-state index is 12.9. The van der Waals surface area contributed by atoms with E-state index in [-0.39, 0.29) is 16.8 Å². The van der Waals surface area contributed by atoms with Crippen molar-refractivity contribution in [1.82, 2.24) is 4.98 Å². The minimum atomic E-state index is -3.82. The lowest BCUT2D eigenvalue weighted by Gasteiger charge is -2.22. The maximum Gasteiger partial charge on any atom is 0.487 e. The second kappa shape index (κ2) is 9.44. The number of aliphatic imine (C=N–C) groups is 2. The van der Waals surface area contributed by atoms with Crippen molar-refractivity contribution in [2.45, 2.75) is 23.6 Å². The molecule has 1 aromatic carbocycles. The number of nitrogens with zero attached hydrogens (tertiary/aromatic N) is 4. The first-order chi connectivity index (χ1) is 16.7. The SMILES string of the molecule is O=C(Nc1ccc(OC(F)(F)Cl)cc1)c1cnc(N2CCC(O)C2)c(N[C@@H]2N=C3C=CN=C3S2)c1. The number of fused-ring (bicyclic) bond motifs is 1. The van der Waals surface area contributed by atoms with E-state index in [2.05, 4.69) is 30.3 Å². The van der Waals surface area contributed by atoms with Crippen LogP contribution in [0.5, 0.6) is 5.75 Å². The molecule has 182 valence electrons. The first-order valence-electron chi connectivity index (χ1n) is 10.6. The second-order valence-electron chi connectivity index (χ2n) is 7.89. The number of rotatable bonds is 7. The lowest BCUT2D eigenvalue weighted by Crippen LogP contribution is -2.25. The smallest absolute Gasteiger partial charge is 0.420 e. The van der Waals surface area contributed by atoms with E-state index in [9.17, 15) is 18.7 Å². The predicted octanol–water partition coefficient (Wildman–Crippen LogP) is 3.88. The van der Waals surface area contributed by atoms with Crippen LogP contribution in [-0.2, 0) is 0 Å². The van der Waals surface area contributed by atoms with E-state index >= 15 is 0 Å². The number of carbonyl (C=O) groups is 1. The van der Waals surface area contributed by atoms with Crippen LogP contribution >= 0.6 is 23.4 Å². The van der Waals surface area contributed by atoms with E-state index in [0.29, 0.717) is 36.7 Å². The molecule has 3 aliphatic rings. The zero-order valence-corrected chi connectivity index (χ0v) is 19.6. The van der Waals surface area contributed by atoms with Crippen LogP contribution in [0, 0.1) is 0 Å². The summed E-state index contributed by atoms with van der Waals surface area (Å²) < 4.78 is 29.8. The van der Waals surface area contributed by atoms with Crippen LogP contribution in [0.3, 0.4) is 0 Å². The fourth-order valence-corrected chi connectivity index (χ4v) is 4.79. The summed E-state index contributed by atoms with van der Waals surface area (Å²) in [5, 5.41) is 16.8. The number of amides is 1. The van der Waals surface area contributed by atoms with E-state index < -0.39 is 17.6 Å². The van der Waals surface area contributed by atoms with Gasteiger partial charge >= 0.3 is 5.57 Å². The Balaban J connectivity index is 1.34. The zero-order valence-electron chi connectivity index (χ0n) is 18.0. The number of thioether (sulfide) groups is 1. The number of β-amino-alcohol motifs (C(OH)–C–C–N with tert-alkyl or cyclic N) is 1. The Morgan fingerprint density at radius 1 is 1.31 bits per heavy atom. The molecule has 35 heavy (non-hydrogen) atoms. The van der Waals surface area contributed by atoms with Gasteiger partial charge in [0.2, 0.25) is 0 Å². The predicted molar refractivity (Wildman–Crippen MR) is 132 cm³/mol. The molecule has 2 atom stereocenters. The van der Waals surface area contributed by atoms with Gasteiger partial charge in [0.1, 0.15) is 10.8 Å². The number of aliphatic hydroxyl groups is 1. The first-order valence-corrected chi connectivity index (χ1v) is 11.9. The molecule has 1 amide bonds. The highest BCUT2D eigenvalue weighted by atomic mass is 35.5. The molecule has 0 bridgehead atoms. The highest BCUT2D eigenvalue weighted by Gasteiger charge is 2.29. The molecule has 9 nitrogen and oxygen atoms in total. The van der Waals surface area contributed by atoms with Crippen LogP contribution in [0.25, 0.3) is 0 Å². The number of allylic oxidation sites excluding steroid dienone is 1. The molecule has 13 heteroatoms.